The summed E-state index contributed by atoms with van der Waals surface area (Å²) in [5.41, 5.74) is -2.81. The second kappa shape index (κ2) is 13.1. The molecule has 1 aromatic rings. The molecule has 9 heteroatoms. The molecule has 0 heterocycles. The first kappa shape index (κ1) is 34.1. The average molecular weight is 638 g/mol. The summed E-state index contributed by atoms with van der Waals surface area (Å²) in [4.78, 5) is 31.3. The van der Waals surface area contributed by atoms with Crippen molar-refractivity contribution in [3.8, 4) is 5.75 Å². The number of Topliss-reactive ketones (excluding diaryl/α,β-unsaturated/α-hetero) is 1. The largest absolute Gasteiger partial charge is 0.489 e. The smallest absolute Gasteiger partial charge is 0.178 e. The minimum absolute atomic E-state index is 0.0244. The fraction of sp³-hybridized carbons (Fsp3) is 0.514. The maximum atomic E-state index is 17.6. The summed E-state index contributed by atoms with van der Waals surface area (Å²) in [5, 5.41) is 23.3. The molecule has 0 aromatic heterocycles. The van der Waals surface area contributed by atoms with Crippen LogP contribution in [-0.4, -0.2) is 71.7 Å². The van der Waals surface area contributed by atoms with Crippen molar-refractivity contribution in [2.75, 3.05) is 26.9 Å². The fourth-order valence-corrected chi connectivity index (χ4v) is 9.08. The summed E-state index contributed by atoms with van der Waals surface area (Å²) >= 11 is 0. The van der Waals surface area contributed by atoms with E-state index in [0.717, 1.165) is 11.1 Å². The van der Waals surface area contributed by atoms with Crippen molar-refractivity contribution < 1.29 is 38.2 Å². The maximum Gasteiger partial charge on any atom is 0.178 e. The van der Waals surface area contributed by atoms with Crippen LogP contribution < -0.4 is 4.74 Å². The van der Waals surface area contributed by atoms with E-state index in [-0.39, 0.29) is 30.1 Å². The molecule has 46 heavy (non-hydrogen) atoms. The zero-order valence-corrected chi connectivity index (χ0v) is 26.8. The van der Waals surface area contributed by atoms with Gasteiger partial charge in [0.15, 0.2) is 17.2 Å². The molecule has 0 radical (unpaired) electrons. The Balaban J connectivity index is 1.37. The first-order chi connectivity index (χ1) is 21.8. The number of aliphatic hydroxyl groups is 2. The number of aliphatic hydroxyl groups excluding tert-OH is 2. The SMILES string of the molecule is C=C/C=C\C(=C)COc1ccc(CN(C[C@@H]2C[C@H]3[C@@H]4C[C@H](F)C5=CC(=O)C=C[C@]5(C)[C@@]4(F)[C@@H](O)C[C@]3(C)C2C(=O)CO)OC)cc1. The number of carbonyl (C=O) groups excluding carboxylic acids is 2. The Labute approximate surface area is 269 Å². The highest BCUT2D eigenvalue weighted by Gasteiger charge is 2.73. The van der Waals surface area contributed by atoms with Crippen LogP contribution >= 0.6 is 0 Å². The van der Waals surface area contributed by atoms with Crippen LogP contribution in [0, 0.1) is 34.5 Å². The van der Waals surface area contributed by atoms with Gasteiger partial charge in [-0.2, -0.15) is 5.06 Å². The number of benzene rings is 1. The third-order valence-electron chi connectivity index (χ3n) is 11.2. The molecule has 1 unspecified atom stereocenters. The van der Waals surface area contributed by atoms with Crippen LogP contribution in [0.3, 0.4) is 0 Å². The zero-order chi connectivity index (χ0) is 33.4. The zero-order valence-electron chi connectivity index (χ0n) is 26.8. The summed E-state index contributed by atoms with van der Waals surface area (Å²) in [6, 6.07) is 7.54. The predicted octanol–water partition coefficient (Wildman–Crippen LogP) is 5.45. The van der Waals surface area contributed by atoms with Gasteiger partial charge in [-0.25, -0.2) is 8.78 Å². The fourth-order valence-electron chi connectivity index (χ4n) is 9.08. The summed E-state index contributed by atoms with van der Waals surface area (Å²) in [5.74, 6) is -2.47. The molecule has 9 atom stereocenters. The summed E-state index contributed by atoms with van der Waals surface area (Å²) < 4.78 is 39.2. The highest BCUT2D eigenvalue weighted by atomic mass is 19.1. The molecule has 0 amide bonds. The number of fused-ring (bicyclic) bond motifs is 5. The van der Waals surface area contributed by atoms with Crippen LogP contribution in [0.5, 0.6) is 5.75 Å². The molecule has 0 saturated heterocycles. The summed E-state index contributed by atoms with van der Waals surface area (Å²) in [6.07, 6.45) is 6.25. The van der Waals surface area contributed by atoms with Crippen molar-refractivity contribution in [1.82, 2.24) is 5.06 Å². The molecule has 0 aliphatic heterocycles. The molecule has 0 spiro atoms. The van der Waals surface area contributed by atoms with Crippen molar-refractivity contribution >= 4 is 11.6 Å². The number of ether oxygens (including phenoxy) is 1. The van der Waals surface area contributed by atoms with Crippen LogP contribution in [-0.2, 0) is 21.0 Å². The van der Waals surface area contributed by atoms with E-state index in [1.807, 2.05) is 37.3 Å². The molecule has 2 N–H and O–H groups in total. The second-order valence-corrected chi connectivity index (χ2v) is 13.7. The number of hydrogen-bond acceptors (Lipinski definition) is 7. The van der Waals surface area contributed by atoms with Gasteiger partial charge in [-0.3, -0.25) is 9.59 Å². The summed E-state index contributed by atoms with van der Waals surface area (Å²) in [6.45, 7) is 11.4. The molecule has 7 nitrogen and oxygen atoms in total. The van der Waals surface area contributed by atoms with Gasteiger partial charge in [0.05, 0.1) is 13.2 Å². The minimum atomic E-state index is -2.23. The van der Waals surface area contributed by atoms with E-state index in [1.165, 1.54) is 18.2 Å². The molecule has 1 aromatic carbocycles. The predicted molar refractivity (Wildman–Crippen MR) is 171 cm³/mol. The number of nitrogens with zero attached hydrogens (tertiary/aromatic N) is 1. The van der Waals surface area contributed by atoms with Gasteiger partial charge in [-0.05, 0) is 84.4 Å². The van der Waals surface area contributed by atoms with E-state index in [4.69, 9.17) is 9.57 Å². The molecular weight excluding hydrogens is 592 g/mol. The normalized spacial score (nSPS) is 36.6. The number of hydrogen-bond donors (Lipinski definition) is 2. The number of hydroxylamine groups is 2. The quantitative estimate of drug-likeness (QED) is 0.233. The van der Waals surface area contributed by atoms with Crippen LogP contribution in [0.15, 0.2) is 85.0 Å². The Kier molecular flexibility index (Phi) is 9.72. The van der Waals surface area contributed by atoms with Gasteiger partial charge in [0.2, 0.25) is 0 Å². The Morgan fingerprint density at radius 2 is 1.91 bits per heavy atom. The number of allylic oxidation sites excluding steroid dienone is 6. The maximum absolute atomic E-state index is 17.6. The van der Waals surface area contributed by atoms with E-state index in [2.05, 4.69) is 13.2 Å². The first-order valence-corrected chi connectivity index (χ1v) is 15.9. The standard InChI is InChI=1S/C37H45F2NO6/c1-6-7-8-23(2)22-46-27-11-9-24(10-12-27)19-40(45-5)20-25-15-28-29-17-31(38)30-16-26(42)13-14-36(30,4)37(29,39)33(44)18-35(28,3)34(25)32(43)21-41/h6-14,16,25,28-29,31,33-34,41,44H,1-2,15,17-22H2,3-5H3/b8-7-/t25-,28-,29-,31-,33-,34?,35-,36-,37-/m0/s1. The molecule has 4 aliphatic carbocycles. The van der Waals surface area contributed by atoms with Crippen molar-refractivity contribution in [3.63, 3.8) is 0 Å². The third kappa shape index (κ3) is 5.76. The molecule has 0 bridgehead atoms. The lowest BCUT2D eigenvalue weighted by Gasteiger charge is -2.62. The van der Waals surface area contributed by atoms with E-state index >= 15 is 8.78 Å². The van der Waals surface area contributed by atoms with Gasteiger partial charge in [0.25, 0.3) is 0 Å². The molecule has 3 saturated carbocycles. The molecule has 3 fully saturated rings. The van der Waals surface area contributed by atoms with Crippen LogP contribution in [0.1, 0.15) is 38.7 Å². The lowest BCUT2D eigenvalue weighted by molar-refractivity contribution is -0.202. The van der Waals surface area contributed by atoms with E-state index in [9.17, 15) is 19.8 Å². The van der Waals surface area contributed by atoms with Crippen molar-refractivity contribution in [1.29, 1.82) is 0 Å². The van der Waals surface area contributed by atoms with Gasteiger partial charge in [0, 0.05) is 30.3 Å². The van der Waals surface area contributed by atoms with Crippen LogP contribution in [0.2, 0.25) is 0 Å². The van der Waals surface area contributed by atoms with Gasteiger partial charge < -0.3 is 19.8 Å². The Bertz CT molecular complexity index is 1450. The van der Waals surface area contributed by atoms with E-state index in [0.29, 0.717) is 31.9 Å². The van der Waals surface area contributed by atoms with E-state index < -0.39 is 58.9 Å². The number of alkyl halides is 2. The van der Waals surface area contributed by atoms with Gasteiger partial charge >= 0.3 is 0 Å². The topological polar surface area (TPSA) is 96.3 Å². The van der Waals surface area contributed by atoms with Crippen molar-refractivity contribution in [2.24, 2.45) is 34.5 Å². The average Bonchev–Trinajstić information content (AvgIpc) is 3.32. The summed E-state index contributed by atoms with van der Waals surface area (Å²) in [7, 11) is 1.54. The highest BCUT2D eigenvalue weighted by Crippen LogP contribution is 2.70. The van der Waals surface area contributed by atoms with Crippen LogP contribution in [0.25, 0.3) is 0 Å². The monoisotopic (exact) mass is 637 g/mol. The Hall–Kier alpha value is -3.24. The molecule has 5 rings (SSSR count). The lowest BCUT2D eigenvalue weighted by Crippen LogP contribution is -2.68. The van der Waals surface area contributed by atoms with Gasteiger partial charge in [-0.15, -0.1) is 0 Å². The van der Waals surface area contributed by atoms with E-state index in [1.54, 1.807) is 31.2 Å². The van der Waals surface area contributed by atoms with Crippen molar-refractivity contribution in [2.45, 2.75) is 57.6 Å². The number of ketones is 2. The first-order valence-electron chi connectivity index (χ1n) is 15.9. The van der Waals surface area contributed by atoms with Crippen LogP contribution in [0.4, 0.5) is 8.78 Å². The molecular formula is C37H45F2NO6. The molecule has 4 aliphatic rings. The van der Waals surface area contributed by atoms with Gasteiger partial charge in [0.1, 0.15) is 25.1 Å². The second-order valence-electron chi connectivity index (χ2n) is 13.7. The minimum Gasteiger partial charge on any atom is -0.489 e. The number of halogens is 2. The van der Waals surface area contributed by atoms with Gasteiger partial charge in [-0.1, -0.05) is 56.5 Å². The third-order valence-corrected chi connectivity index (χ3v) is 11.2. The number of carbonyl (C=O) groups is 2. The highest BCUT2D eigenvalue weighted by molar-refractivity contribution is 6.01. The molecule has 248 valence electrons. The Morgan fingerprint density at radius 1 is 1.20 bits per heavy atom. The Morgan fingerprint density at radius 3 is 2.57 bits per heavy atom. The number of rotatable bonds is 12. The lowest BCUT2D eigenvalue weighted by atomic mass is 9.45. The van der Waals surface area contributed by atoms with Crippen molar-refractivity contribution in [3.05, 3.63) is 90.6 Å².